The highest BCUT2D eigenvalue weighted by Crippen LogP contribution is 2.22. The molecule has 1 rings (SSSR count). The van der Waals surface area contributed by atoms with E-state index >= 15 is 0 Å². The number of nitrogens with zero attached hydrogens (tertiary/aromatic N) is 1. The Kier molecular flexibility index (Phi) is 5.96. The topological polar surface area (TPSA) is 35.5 Å². The van der Waals surface area contributed by atoms with E-state index in [2.05, 4.69) is 19.2 Å². The van der Waals surface area contributed by atoms with Crippen LogP contribution in [0.1, 0.15) is 40.2 Å². The van der Waals surface area contributed by atoms with Gasteiger partial charge in [-0.2, -0.15) is 0 Å². The van der Waals surface area contributed by atoms with E-state index in [-0.39, 0.29) is 5.82 Å². The predicted molar refractivity (Wildman–Crippen MR) is 82.6 cm³/mol. The Hall–Kier alpha value is -1.13. The second-order valence-corrected chi connectivity index (χ2v) is 6.15. The number of likely N-dealkylation sites (N-methyl/N-ethyl adjacent to an activating group) is 1. The Labute approximate surface area is 121 Å². The molecule has 0 heterocycles. The fourth-order valence-electron chi connectivity index (χ4n) is 2.07. The second-order valence-electron chi connectivity index (χ2n) is 6.15. The van der Waals surface area contributed by atoms with Crippen molar-refractivity contribution >= 4 is 5.69 Å². The maximum atomic E-state index is 14.2. The van der Waals surface area contributed by atoms with Gasteiger partial charge in [-0.15, -0.1) is 0 Å². The van der Waals surface area contributed by atoms with Gasteiger partial charge in [-0.1, -0.05) is 19.9 Å². The number of hydrogen-bond acceptors (Lipinski definition) is 3. The van der Waals surface area contributed by atoms with Crippen LogP contribution in [-0.4, -0.2) is 29.8 Å². The lowest BCUT2D eigenvalue weighted by atomic mass is 10.1. The number of aliphatic hydroxyl groups is 1. The van der Waals surface area contributed by atoms with Gasteiger partial charge in [0.1, 0.15) is 5.82 Å². The molecule has 0 aliphatic carbocycles. The van der Waals surface area contributed by atoms with Crippen molar-refractivity contribution in [3.63, 3.8) is 0 Å². The van der Waals surface area contributed by atoms with Crippen molar-refractivity contribution < 1.29 is 9.50 Å². The molecule has 0 fully saturated rings. The van der Waals surface area contributed by atoms with E-state index in [4.69, 9.17) is 0 Å². The zero-order valence-corrected chi connectivity index (χ0v) is 13.2. The molecule has 4 heteroatoms. The summed E-state index contributed by atoms with van der Waals surface area (Å²) in [6.07, 6.45) is 0. The Bertz CT molecular complexity index is 427. The Morgan fingerprint density at radius 1 is 1.35 bits per heavy atom. The summed E-state index contributed by atoms with van der Waals surface area (Å²) < 4.78 is 14.2. The van der Waals surface area contributed by atoms with Crippen LogP contribution in [0.4, 0.5) is 10.1 Å². The van der Waals surface area contributed by atoms with E-state index in [0.717, 1.165) is 5.56 Å². The van der Waals surface area contributed by atoms with Crippen molar-refractivity contribution in [1.82, 2.24) is 5.32 Å². The van der Waals surface area contributed by atoms with Crippen LogP contribution in [0.5, 0.6) is 0 Å². The number of nitrogens with one attached hydrogen (secondary N) is 1. The van der Waals surface area contributed by atoms with Gasteiger partial charge in [0.15, 0.2) is 0 Å². The zero-order chi connectivity index (χ0) is 15.3. The molecule has 0 atom stereocenters. The third kappa shape index (κ3) is 5.47. The van der Waals surface area contributed by atoms with Gasteiger partial charge >= 0.3 is 0 Å². The number of halogens is 1. The fourth-order valence-corrected chi connectivity index (χ4v) is 2.07. The first-order chi connectivity index (χ1) is 9.23. The first-order valence-electron chi connectivity index (χ1n) is 7.22. The molecule has 1 aromatic carbocycles. The van der Waals surface area contributed by atoms with Crippen LogP contribution >= 0.6 is 0 Å². The second kappa shape index (κ2) is 7.04. The van der Waals surface area contributed by atoms with Crippen LogP contribution in [0.3, 0.4) is 0 Å². The summed E-state index contributed by atoms with van der Waals surface area (Å²) in [6.45, 7) is 11.3. The SMILES string of the molecule is CCN(CC(C)(C)O)c1ccc(CNC(C)C)cc1F. The molecule has 0 aliphatic heterocycles. The Morgan fingerprint density at radius 2 is 2.00 bits per heavy atom. The number of anilines is 1. The molecule has 114 valence electrons. The van der Waals surface area contributed by atoms with Crippen molar-refractivity contribution in [3.8, 4) is 0 Å². The number of hydrogen-bond donors (Lipinski definition) is 2. The maximum absolute atomic E-state index is 14.2. The normalized spacial score (nSPS) is 12.0. The molecular weight excluding hydrogens is 255 g/mol. The molecule has 0 aliphatic rings. The lowest BCUT2D eigenvalue weighted by Crippen LogP contribution is -2.39. The van der Waals surface area contributed by atoms with Gasteiger partial charge < -0.3 is 15.3 Å². The molecule has 0 saturated heterocycles. The number of benzene rings is 1. The minimum Gasteiger partial charge on any atom is -0.389 e. The molecule has 0 aromatic heterocycles. The predicted octanol–water partition coefficient (Wildman–Crippen LogP) is 2.92. The molecule has 0 spiro atoms. The lowest BCUT2D eigenvalue weighted by Gasteiger charge is -2.30. The van der Waals surface area contributed by atoms with Crippen LogP contribution in [-0.2, 0) is 6.54 Å². The van der Waals surface area contributed by atoms with Gasteiger partial charge in [-0.25, -0.2) is 4.39 Å². The summed E-state index contributed by atoms with van der Waals surface area (Å²) in [6, 6.07) is 5.67. The first-order valence-corrected chi connectivity index (χ1v) is 7.22. The monoisotopic (exact) mass is 282 g/mol. The van der Waals surface area contributed by atoms with Crippen molar-refractivity contribution in [2.75, 3.05) is 18.0 Å². The smallest absolute Gasteiger partial charge is 0.146 e. The molecule has 3 nitrogen and oxygen atoms in total. The van der Waals surface area contributed by atoms with Gasteiger partial charge in [0.25, 0.3) is 0 Å². The highest BCUT2D eigenvalue weighted by atomic mass is 19.1. The summed E-state index contributed by atoms with van der Waals surface area (Å²) in [5.74, 6) is -0.237. The van der Waals surface area contributed by atoms with Crippen LogP contribution in [0, 0.1) is 5.82 Å². The van der Waals surface area contributed by atoms with Gasteiger partial charge in [0.2, 0.25) is 0 Å². The summed E-state index contributed by atoms with van der Waals surface area (Å²) in [5.41, 5.74) is 0.627. The highest BCUT2D eigenvalue weighted by molar-refractivity contribution is 5.49. The molecule has 0 saturated carbocycles. The lowest BCUT2D eigenvalue weighted by molar-refractivity contribution is 0.0874. The summed E-state index contributed by atoms with van der Waals surface area (Å²) >= 11 is 0. The average molecular weight is 282 g/mol. The summed E-state index contributed by atoms with van der Waals surface area (Å²) in [4.78, 5) is 1.86. The fraction of sp³-hybridized carbons (Fsp3) is 0.625. The van der Waals surface area contributed by atoms with Crippen LogP contribution in [0.2, 0.25) is 0 Å². The molecular formula is C16H27FN2O. The zero-order valence-electron chi connectivity index (χ0n) is 13.2. The van der Waals surface area contributed by atoms with Crippen LogP contribution in [0.15, 0.2) is 18.2 Å². The van der Waals surface area contributed by atoms with Crippen molar-refractivity contribution in [3.05, 3.63) is 29.6 Å². The molecule has 0 amide bonds. The van der Waals surface area contributed by atoms with E-state index < -0.39 is 5.60 Å². The highest BCUT2D eigenvalue weighted by Gasteiger charge is 2.19. The average Bonchev–Trinajstić information content (AvgIpc) is 2.33. The first kappa shape index (κ1) is 16.9. The molecule has 0 bridgehead atoms. The molecule has 0 radical (unpaired) electrons. The van der Waals surface area contributed by atoms with E-state index in [1.165, 1.54) is 0 Å². The van der Waals surface area contributed by atoms with Crippen LogP contribution < -0.4 is 10.2 Å². The van der Waals surface area contributed by atoms with Crippen molar-refractivity contribution in [1.29, 1.82) is 0 Å². The van der Waals surface area contributed by atoms with Crippen molar-refractivity contribution in [2.24, 2.45) is 0 Å². The Morgan fingerprint density at radius 3 is 2.45 bits per heavy atom. The summed E-state index contributed by atoms with van der Waals surface area (Å²) in [5, 5.41) is 13.2. The Balaban J connectivity index is 2.85. The van der Waals surface area contributed by atoms with Gasteiger partial charge in [0.05, 0.1) is 11.3 Å². The van der Waals surface area contributed by atoms with Crippen LogP contribution in [0.25, 0.3) is 0 Å². The van der Waals surface area contributed by atoms with Crippen molar-refractivity contribution in [2.45, 2.75) is 52.8 Å². The van der Waals surface area contributed by atoms with Gasteiger partial charge in [-0.3, -0.25) is 0 Å². The largest absolute Gasteiger partial charge is 0.389 e. The van der Waals surface area contributed by atoms with E-state index in [0.29, 0.717) is 31.4 Å². The quantitative estimate of drug-likeness (QED) is 0.807. The molecule has 0 unspecified atom stereocenters. The molecule has 1 aromatic rings. The molecule has 2 N–H and O–H groups in total. The minimum absolute atomic E-state index is 0.237. The minimum atomic E-state index is -0.847. The standard InChI is InChI=1S/C16H27FN2O/c1-6-19(11-16(4,5)20)15-8-7-13(9-14(15)17)10-18-12(2)3/h7-9,12,18,20H,6,10-11H2,1-5H3. The van der Waals surface area contributed by atoms with E-state index in [1.54, 1.807) is 26.0 Å². The van der Waals surface area contributed by atoms with E-state index in [1.807, 2.05) is 17.9 Å². The number of rotatable bonds is 7. The van der Waals surface area contributed by atoms with E-state index in [9.17, 15) is 9.50 Å². The third-order valence-electron chi connectivity index (χ3n) is 3.03. The summed E-state index contributed by atoms with van der Waals surface area (Å²) in [7, 11) is 0. The van der Waals surface area contributed by atoms with Gasteiger partial charge in [-0.05, 0) is 38.5 Å². The third-order valence-corrected chi connectivity index (χ3v) is 3.03. The van der Waals surface area contributed by atoms with Gasteiger partial charge in [0, 0.05) is 25.7 Å². The maximum Gasteiger partial charge on any atom is 0.146 e. The molecule has 20 heavy (non-hydrogen) atoms.